The van der Waals surface area contributed by atoms with E-state index in [0.717, 1.165) is 5.69 Å². The monoisotopic (exact) mass is 334 g/mol. The molecule has 0 spiro atoms. The summed E-state index contributed by atoms with van der Waals surface area (Å²) in [4.78, 5) is 25.9. The summed E-state index contributed by atoms with van der Waals surface area (Å²) in [7, 11) is 0. The van der Waals surface area contributed by atoms with Crippen LogP contribution in [-0.4, -0.2) is 29.7 Å². The lowest BCUT2D eigenvalue weighted by Crippen LogP contribution is -2.43. The number of amides is 3. The summed E-state index contributed by atoms with van der Waals surface area (Å²) >= 11 is 5.85. The molecule has 1 fully saturated rings. The van der Waals surface area contributed by atoms with Crippen LogP contribution >= 0.6 is 11.6 Å². The third-order valence-electron chi connectivity index (χ3n) is 3.52. The first kappa shape index (κ1) is 15.4. The first-order chi connectivity index (χ1) is 11.0. The van der Waals surface area contributed by atoms with Gasteiger partial charge >= 0.3 is 6.03 Å². The van der Waals surface area contributed by atoms with Gasteiger partial charge in [-0.25, -0.2) is 4.79 Å². The van der Waals surface area contributed by atoms with Crippen molar-refractivity contribution >= 4 is 35.0 Å². The first-order valence-electron chi connectivity index (χ1n) is 7.11. The van der Waals surface area contributed by atoms with Crippen LogP contribution in [0.2, 0.25) is 5.02 Å². The lowest BCUT2D eigenvalue weighted by molar-refractivity contribution is -0.118. The number of benzene rings is 1. The first-order valence-corrected chi connectivity index (χ1v) is 7.48. The molecule has 3 rings (SSSR count). The van der Waals surface area contributed by atoms with Gasteiger partial charge in [0.05, 0.1) is 0 Å². The van der Waals surface area contributed by atoms with Crippen molar-refractivity contribution in [3.05, 3.63) is 41.1 Å². The fraction of sp³-hybridized carbons (Fsp3) is 0.267. The highest BCUT2D eigenvalue weighted by Gasteiger charge is 2.33. The lowest BCUT2D eigenvalue weighted by atomic mass is 10.2. The van der Waals surface area contributed by atoms with E-state index in [-0.39, 0.29) is 5.91 Å². The maximum atomic E-state index is 12.4. The van der Waals surface area contributed by atoms with Crippen molar-refractivity contribution in [2.75, 3.05) is 16.8 Å². The van der Waals surface area contributed by atoms with E-state index in [0.29, 0.717) is 29.6 Å². The van der Waals surface area contributed by atoms with Gasteiger partial charge in [0.15, 0.2) is 5.82 Å². The van der Waals surface area contributed by atoms with E-state index in [9.17, 15) is 9.59 Å². The Morgan fingerprint density at radius 2 is 2.13 bits per heavy atom. The molecular weight excluding hydrogens is 320 g/mol. The molecular formula is C15H15ClN4O3. The average molecular weight is 335 g/mol. The van der Waals surface area contributed by atoms with Crippen molar-refractivity contribution in [3.63, 3.8) is 0 Å². The van der Waals surface area contributed by atoms with Crippen LogP contribution in [0.15, 0.2) is 34.9 Å². The molecule has 2 N–H and O–H groups in total. The molecule has 23 heavy (non-hydrogen) atoms. The molecule has 1 aromatic carbocycles. The van der Waals surface area contributed by atoms with Crippen molar-refractivity contribution in [1.82, 2.24) is 10.5 Å². The van der Waals surface area contributed by atoms with Crippen molar-refractivity contribution in [1.29, 1.82) is 0 Å². The third kappa shape index (κ3) is 3.45. The molecule has 1 aromatic heterocycles. The fourth-order valence-corrected chi connectivity index (χ4v) is 2.55. The number of hydrogen-bond acceptors (Lipinski definition) is 4. The van der Waals surface area contributed by atoms with Gasteiger partial charge in [0.25, 0.3) is 0 Å². The normalized spacial score (nSPS) is 17.4. The Morgan fingerprint density at radius 1 is 1.39 bits per heavy atom. The number of rotatable bonds is 3. The average Bonchev–Trinajstić information content (AvgIpc) is 3.07. The van der Waals surface area contributed by atoms with E-state index in [2.05, 4.69) is 15.8 Å². The molecule has 120 valence electrons. The van der Waals surface area contributed by atoms with Gasteiger partial charge in [-0.3, -0.25) is 10.1 Å². The fourth-order valence-electron chi connectivity index (χ4n) is 2.43. The quantitative estimate of drug-likeness (QED) is 0.903. The molecule has 1 atom stereocenters. The minimum Gasteiger partial charge on any atom is -0.360 e. The molecule has 0 saturated carbocycles. The van der Waals surface area contributed by atoms with Gasteiger partial charge in [-0.2, -0.15) is 0 Å². The lowest BCUT2D eigenvalue weighted by Gasteiger charge is -2.17. The molecule has 1 aliphatic rings. The van der Waals surface area contributed by atoms with Gasteiger partial charge < -0.3 is 14.7 Å². The largest absolute Gasteiger partial charge is 0.360 e. The summed E-state index contributed by atoms with van der Waals surface area (Å²) in [6.45, 7) is 2.26. The minimum absolute atomic E-state index is 0.154. The van der Waals surface area contributed by atoms with Gasteiger partial charge in [-0.15, -0.1) is 0 Å². The van der Waals surface area contributed by atoms with Crippen molar-refractivity contribution in [2.24, 2.45) is 0 Å². The van der Waals surface area contributed by atoms with Gasteiger partial charge in [0.2, 0.25) is 5.91 Å². The Hall–Kier alpha value is -2.54. The van der Waals surface area contributed by atoms with Crippen LogP contribution in [0.3, 0.4) is 0 Å². The van der Waals surface area contributed by atoms with Gasteiger partial charge in [-0.05, 0) is 37.6 Å². The summed E-state index contributed by atoms with van der Waals surface area (Å²) in [5, 5.41) is 9.45. The highest BCUT2D eigenvalue weighted by molar-refractivity contribution is 6.30. The SMILES string of the molecule is Cc1cc(NC(=O)NC2CCN(c3ccc(Cl)cc3)C2=O)no1. The van der Waals surface area contributed by atoms with E-state index >= 15 is 0 Å². The van der Waals surface area contributed by atoms with E-state index in [1.165, 1.54) is 0 Å². The number of anilines is 2. The minimum atomic E-state index is -0.571. The van der Waals surface area contributed by atoms with Crippen LogP contribution in [0, 0.1) is 6.92 Å². The highest BCUT2D eigenvalue weighted by atomic mass is 35.5. The van der Waals surface area contributed by atoms with Crippen molar-refractivity contribution in [3.8, 4) is 0 Å². The van der Waals surface area contributed by atoms with Crippen molar-refractivity contribution in [2.45, 2.75) is 19.4 Å². The van der Waals surface area contributed by atoms with Crippen LogP contribution in [0.5, 0.6) is 0 Å². The number of carbonyl (C=O) groups is 2. The maximum Gasteiger partial charge on any atom is 0.321 e. The standard InChI is InChI=1S/C15H15ClN4O3/c1-9-8-13(19-23-9)18-15(22)17-12-6-7-20(14(12)21)11-4-2-10(16)3-5-11/h2-5,8,12H,6-7H2,1H3,(H2,17,18,19,22). The molecule has 2 heterocycles. The predicted molar refractivity (Wildman–Crippen MR) is 85.6 cm³/mol. The number of hydrogen-bond donors (Lipinski definition) is 2. The number of aryl methyl sites for hydroxylation is 1. The van der Waals surface area contributed by atoms with Gasteiger partial charge in [-0.1, -0.05) is 16.8 Å². The van der Waals surface area contributed by atoms with Crippen molar-refractivity contribution < 1.29 is 14.1 Å². The van der Waals surface area contributed by atoms with Gasteiger partial charge in [0.1, 0.15) is 11.8 Å². The molecule has 3 amide bonds. The number of carbonyl (C=O) groups excluding carboxylic acids is 2. The van der Waals surface area contributed by atoms with E-state index < -0.39 is 12.1 Å². The van der Waals surface area contributed by atoms with Crippen LogP contribution < -0.4 is 15.5 Å². The summed E-state index contributed by atoms with van der Waals surface area (Å²) in [6.07, 6.45) is 0.534. The topological polar surface area (TPSA) is 87.5 Å². The van der Waals surface area contributed by atoms with E-state index in [1.807, 2.05) is 0 Å². The maximum absolute atomic E-state index is 12.4. The smallest absolute Gasteiger partial charge is 0.321 e. The second kappa shape index (κ2) is 6.29. The van der Waals surface area contributed by atoms with E-state index in [4.69, 9.17) is 16.1 Å². The van der Waals surface area contributed by atoms with Crippen LogP contribution in [-0.2, 0) is 4.79 Å². The molecule has 7 nitrogen and oxygen atoms in total. The Kier molecular flexibility index (Phi) is 4.20. The summed E-state index contributed by atoms with van der Waals surface area (Å²) in [6, 6.07) is 7.54. The van der Waals surface area contributed by atoms with E-state index in [1.54, 1.807) is 42.2 Å². The molecule has 1 saturated heterocycles. The zero-order chi connectivity index (χ0) is 16.4. The molecule has 1 aliphatic heterocycles. The molecule has 1 unspecified atom stereocenters. The molecule has 0 aliphatic carbocycles. The highest BCUT2D eigenvalue weighted by Crippen LogP contribution is 2.23. The number of nitrogens with one attached hydrogen (secondary N) is 2. The molecule has 2 aromatic rings. The number of halogens is 1. The Morgan fingerprint density at radius 3 is 2.78 bits per heavy atom. The zero-order valence-electron chi connectivity index (χ0n) is 12.4. The van der Waals surface area contributed by atoms with Crippen LogP contribution in [0.25, 0.3) is 0 Å². The second-order valence-corrected chi connectivity index (χ2v) is 5.67. The number of aromatic nitrogens is 1. The Bertz CT molecular complexity index is 729. The van der Waals surface area contributed by atoms with Crippen LogP contribution in [0.4, 0.5) is 16.3 Å². The number of urea groups is 1. The Labute approximate surface area is 137 Å². The molecule has 8 heteroatoms. The summed E-state index contributed by atoms with van der Waals surface area (Å²) in [5.41, 5.74) is 0.760. The predicted octanol–water partition coefficient (Wildman–Crippen LogP) is 2.56. The number of nitrogens with zero attached hydrogens (tertiary/aromatic N) is 2. The summed E-state index contributed by atoms with van der Waals surface area (Å²) in [5.74, 6) is 0.741. The third-order valence-corrected chi connectivity index (χ3v) is 3.77. The Balaban J connectivity index is 1.60. The summed E-state index contributed by atoms with van der Waals surface area (Å²) < 4.78 is 4.86. The molecule has 0 radical (unpaired) electrons. The van der Waals surface area contributed by atoms with Crippen LogP contribution in [0.1, 0.15) is 12.2 Å². The second-order valence-electron chi connectivity index (χ2n) is 5.23. The zero-order valence-corrected chi connectivity index (χ0v) is 13.1. The van der Waals surface area contributed by atoms with Gasteiger partial charge in [0, 0.05) is 23.3 Å². The molecule has 0 bridgehead atoms.